The lowest BCUT2D eigenvalue weighted by atomic mass is 9.81. The van der Waals surface area contributed by atoms with Gasteiger partial charge in [0.25, 0.3) is 5.91 Å². The minimum absolute atomic E-state index is 0.0184. The maximum Gasteiger partial charge on any atom is 0.304 e. The fourth-order valence-corrected chi connectivity index (χ4v) is 9.92. The normalized spacial score (nSPS) is 25.6. The quantitative estimate of drug-likeness (QED) is 0.388. The smallest absolute Gasteiger partial charge is 0.304 e. The van der Waals surface area contributed by atoms with Gasteiger partial charge in [0, 0.05) is 60.7 Å². The lowest BCUT2D eigenvalue weighted by Crippen LogP contribution is -2.49. The summed E-state index contributed by atoms with van der Waals surface area (Å²) in [5, 5.41) is 11.7. The van der Waals surface area contributed by atoms with E-state index in [2.05, 4.69) is 21.4 Å². The number of piperidine rings is 1. The molecule has 2 saturated carbocycles. The summed E-state index contributed by atoms with van der Waals surface area (Å²) in [5.41, 5.74) is 4.32. The van der Waals surface area contributed by atoms with Crippen molar-refractivity contribution in [2.75, 3.05) is 33.3 Å². The minimum Gasteiger partial charge on any atom is -0.497 e. The van der Waals surface area contributed by atoms with Gasteiger partial charge in [0.15, 0.2) is 0 Å². The third-order valence-corrected chi connectivity index (χ3v) is 13.2. The molecule has 5 aliphatic rings. The third-order valence-electron chi connectivity index (χ3n) is 11.7. The largest absolute Gasteiger partial charge is 0.497 e. The Morgan fingerprint density at radius 2 is 1.72 bits per heavy atom. The van der Waals surface area contributed by atoms with E-state index in [0.717, 1.165) is 65.6 Å². The molecule has 4 fully saturated rings. The van der Waals surface area contributed by atoms with Crippen molar-refractivity contribution in [3.63, 3.8) is 0 Å². The Labute approximate surface area is 276 Å². The molecule has 1 aromatic heterocycles. The zero-order valence-electron chi connectivity index (χ0n) is 27.3. The summed E-state index contributed by atoms with van der Waals surface area (Å²) in [6.45, 7) is 4.18. The molecule has 3 aliphatic heterocycles. The van der Waals surface area contributed by atoms with E-state index in [1.54, 1.807) is 13.2 Å². The van der Waals surface area contributed by atoms with Crippen molar-refractivity contribution >= 4 is 32.9 Å². The van der Waals surface area contributed by atoms with Gasteiger partial charge in [-0.25, -0.2) is 4.72 Å². The summed E-state index contributed by atoms with van der Waals surface area (Å²) in [6.07, 6.45) is 8.28. The zero-order valence-corrected chi connectivity index (χ0v) is 28.1. The molecule has 8 rings (SSSR count). The maximum absolute atomic E-state index is 14.6. The van der Waals surface area contributed by atoms with Gasteiger partial charge in [0.2, 0.25) is 5.91 Å². The van der Waals surface area contributed by atoms with Gasteiger partial charge in [-0.3, -0.25) is 9.59 Å². The number of likely N-dealkylation sites (tertiary alicyclic amines) is 1. The standard InChI is InChI=1S/C36H44N4O6S/c1-35(43)13-17-38(18-14-35)34(42)36-21-29(36)28-20-25(46-2)10-12-26(28)32-31(23-7-4-3-5-8-23)27-11-9-24(19-30(27)40(32)22-36)33(41)37-47(44,45)39-15-6-16-39/h9-12,19-20,23,29,43H,3-8,13-18,21-22H2,1-2H3,(H,37,41)/t29-,36-/m0/s1. The first-order valence-electron chi connectivity index (χ1n) is 17.2. The molecule has 11 heteroatoms. The van der Waals surface area contributed by atoms with Crippen molar-refractivity contribution in [3.05, 3.63) is 53.1 Å². The number of aromatic nitrogens is 1. The molecule has 47 heavy (non-hydrogen) atoms. The van der Waals surface area contributed by atoms with Gasteiger partial charge in [-0.05, 0) is 92.8 Å². The van der Waals surface area contributed by atoms with E-state index in [0.29, 0.717) is 57.9 Å². The maximum atomic E-state index is 14.6. The summed E-state index contributed by atoms with van der Waals surface area (Å²) >= 11 is 0. The molecular formula is C36H44N4O6S. The summed E-state index contributed by atoms with van der Waals surface area (Å²) in [4.78, 5) is 30.0. The fraction of sp³-hybridized carbons (Fsp3) is 0.556. The number of methoxy groups -OCH3 is 1. The molecular weight excluding hydrogens is 616 g/mol. The number of carbonyl (C=O) groups is 2. The first-order chi connectivity index (χ1) is 22.5. The molecule has 250 valence electrons. The van der Waals surface area contributed by atoms with Gasteiger partial charge in [-0.15, -0.1) is 0 Å². The predicted octanol–water partition coefficient (Wildman–Crippen LogP) is 4.91. The summed E-state index contributed by atoms with van der Waals surface area (Å²) in [7, 11) is -2.23. The van der Waals surface area contributed by atoms with Gasteiger partial charge in [-0.2, -0.15) is 12.7 Å². The number of rotatable bonds is 6. The van der Waals surface area contributed by atoms with Crippen LogP contribution in [0.2, 0.25) is 0 Å². The zero-order chi connectivity index (χ0) is 32.7. The van der Waals surface area contributed by atoms with E-state index in [1.165, 1.54) is 16.3 Å². The number of hydrogen-bond donors (Lipinski definition) is 2. The average Bonchev–Trinajstić information content (AvgIpc) is 3.69. The molecule has 4 heterocycles. The van der Waals surface area contributed by atoms with Crippen LogP contribution in [0.4, 0.5) is 0 Å². The SMILES string of the molecule is COc1ccc2c(c1)[C@@H]1C[C@]1(C(=O)N1CCC(C)(O)CC1)Cn1c-2c(C2CCCCC2)c2ccc(C(=O)NS(=O)(=O)N3CCC3)cc21. The van der Waals surface area contributed by atoms with E-state index in [1.807, 2.05) is 30.0 Å². The number of benzene rings is 2. The number of nitrogens with one attached hydrogen (secondary N) is 1. The van der Waals surface area contributed by atoms with Gasteiger partial charge < -0.3 is 19.3 Å². The Balaban J connectivity index is 1.29. The Hall–Kier alpha value is -3.41. The highest BCUT2D eigenvalue weighted by Gasteiger charge is 2.64. The highest BCUT2D eigenvalue weighted by Crippen LogP contribution is 2.66. The highest BCUT2D eigenvalue weighted by molar-refractivity contribution is 7.87. The lowest BCUT2D eigenvalue weighted by molar-refractivity contribution is -0.141. The van der Waals surface area contributed by atoms with Gasteiger partial charge in [0.1, 0.15) is 5.75 Å². The van der Waals surface area contributed by atoms with E-state index in [4.69, 9.17) is 4.74 Å². The molecule has 3 aromatic rings. The molecule has 0 radical (unpaired) electrons. The number of ether oxygens (including phenoxy) is 1. The van der Waals surface area contributed by atoms with Crippen molar-refractivity contribution in [1.82, 2.24) is 18.5 Å². The molecule has 10 nitrogen and oxygen atoms in total. The van der Waals surface area contributed by atoms with Crippen LogP contribution in [0.25, 0.3) is 22.2 Å². The van der Waals surface area contributed by atoms with E-state index >= 15 is 0 Å². The Morgan fingerprint density at radius 1 is 0.979 bits per heavy atom. The fourth-order valence-electron chi connectivity index (χ4n) is 8.70. The Kier molecular flexibility index (Phi) is 7.27. The predicted molar refractivity (Wildman–Crippen MR) is 179 cm³/mol. The molecule has 0 unspecified atom stereocenters. The monoisotopic (exact) mass is 660 g/mol. The molecule has 2 aromatic carbocycles. The second-order valence-corrected chi connectivity index (χ2v) is 16.4. The van der Waals surface area contributed by atoms with Crippen molar-refractivity contribution < 1.29 is 27.9 Å². The number of aliphatic hydroxyl groups is 1. The average molecular weight is 661 g/mol. The van der Waals surface area contributed by atoms with Crippen LogP contribution >= 0.6 is 0 Å². The summed E-state index contributed by atoms with van der Waals surface area (Å²) < 4.78 is 37.2. The number of carbonyl (C=O) groups excluding carboxylic acids is 2. The second-order valence-electron chi connectivity index (χ2n) is 14.8. The first-order valence-corrected chi connectivity index (χ1v) is 18.6. The van der Waals surface area contributed by atoms with Crippen LogP contribution in [0.5, 0.6) is 5.75 Å². The molecule has 2 amide bonds. The Bertz CT molecular complexity index is 1880. The third kappa shape index (κ3) is 5.07. The second kappa shape index (κ2) is 11.1. The van der Waals surface area contributed by atoms with Crippen molar-refractivity contribution in [3.8, 4) is 17.0 Å². The minimum atomic E-state index is -3.90. The van der Waals surface area contributed by atoms with Crippen LogP contribution in [-0.2, 0) is 21.5 Å². The van der Waals surface area contributed by atoms with Crippen LogP contribution in [0.1, 0.15) is 98.0 Å². The molecule has 2 saturated heterocycles. The van der Waals surface area contributed by atoms with E-state index in [-0.39, 0.29) is 17.4 Å². The van der Waals surface area contributed by atoms with Crippen molar-refractivity contribution in [2.45, 2.75) is 88.7 Å². The van der Waals surface area contributed by atoms with Crippen LogP contribution in [0.3, 0.4) is 0 Å². The molecule has 2 atom stereocenters. The van der Waals surface area contributed by atoms with Crippen molar-refractivity contribution in [1.29, 1.82) is 0 Å². The molecule has 2 N–H and O–H groups in total. The van der Waals surface area contributed by atoms with E-state index < -0.39 is 27.1 Å². The summed E-state index contributed by atoms with van der Waals surface area (Å²) in [5.74, 6) is 0.592. The van der Waals surface area contributed by atoms with Gasteiger partial charge in [0.05, 0.1) is 23.8 Å². The lowest BCUT2D eigenvalue weighted by Gasteiger charge is -2.38. The topological polar surface area (TPSA) is 121 Å². The first kappa shape index (κ1) is 30.9. The molecule has 2 aliphatic carbocycles. The van der Waals surface area contributed by atoms with Gasteiger partial charge >= 0.3 is 10.2 Å². The Morgan fingerprint density at radius 3 is 2.40 bits per heavy atom. The summed E-state index contributed by atoms with van der Waals surface area (Å²) in [6, 6.07) is 11.8. The van der Waals surface area contributed by atoms with Crippen LogP contribution in [-0.4, -0.2) is 78.0 Å². The van der Waals surface area contributed by atoms with Crippen molar-refractivity contribution in [2.24, 2.45) is 5.41 Å². The number of nitrogens with zero attached hydrogens (tertiary/aromatic N) is 3. The number of fused-ring (bicyclic) bond motifs is 7. The number of amides is 2. The molecule has 0 spiro atoms. The van der Waals surface area contributed by atoms with Gasteiger partial charge in [-0.1, -0.05) is 25.3 Å². The molecule has 0 bridgehead atoms. The number of hydrogen-bond acceptors (Lipinski definition) is 6. The van der Waals surface area contributed by atoms with E-state index in [9.17, 15) is 23.1 Å². The van der Waals surface area contributed by atoms with Crippen LogP contribution < -0.4 is 9.46 Å². The highest BCUT2D eigenvalue weighted by atomic mass is 32.2. The van der Waals surface area contributed by atoms with Crippen LogP contribution in [0, 0.1) is 5.41 Å². The van der Waals surface area contributed by atoms with Crippen LogP contribution in [0.15, 0.2) is 36.4 Å².